The molecule has 3 aliphatic carbocycles. The predicted molar refractivity (Wildman–Crippen MR) is 104 cm³/mol. The van der Waals surface area contributed by atoms with Crippen molar-refractivity contribution < 1.29 is 13.7 Å². The average Bonchev–Trinajstić information content (AvgIpc) is 3.16. The summed E-state index contributed by atoms with van der Waals surface area (Å²) in [6.45, 7) is 9.06. The molecular formula is C21H26BClO3. The van der Waals surface area contributed by atoms with Gasteiger partial charge in [-0.15, -0.1) is 11.6 Å². The maximum atomic E-state index is 6.79. The van der Waals surface area contributed by atoms with Crippen molar-refractivity contribution in [2.75, 3.05) is 0 Å². The Labute approximate surface area is 160 Å². The number of rotatable bonds is 3. The van der Waals surface area contributed by atoms with E-state index >= 15 is 0 Å². The molecule has 2 heterocycles. The van der Waals surface area contributed by atoms with Gasteiger partial charge in [0.1, 0.15) is 5.58 Å². The number of benzene rings is 1. The Morgan fingerprint density at radius 1 is 1.27 bits per heavy atom. The fourth-order valence-corrected chi connectivity index (χ4v) is 6.05. The van der Waals surface area contributed by atoms with Crippen molar-refractivity contribution in [3.8, 4) is 0 Å². The van der Waals surface area contributed by atoms with E-state index in [1.165, 1.54) is 6.42 Å². The van der Waals surface area contributed by atoms with E-state index in [4.69, 9.17) is 25.3 Å². The molecule has 1 aliphatic heterocycles. The van der Waals surface area contributed by atoms with Crippen LogP contribution in [0.25, 0.3) is 11.0 Å². The SMILES string of the molecule is Cc1cccc2c(CC(Cl)B3O[C@@H]4C[C@@H]5C[C@@H](C5(C)C)[C@]4(C)O3)coc12. The van der Waals surface area contributed by atoms with Crippen molar-refractivity contribution in [2.24, 2.45) is 17.3 Å². The first-order chi connectivity index (χ1) is 12.3. The van der Waals surface area contributed by atoms with E-state index in [9.17, 15) is 0 Å². The standard InChI is InChI=1S/C21H26BClO3/c1-12-6-5-7-15-13(11-24-19(12)15)8-18(23)22-25-17-10-14-9-16(20(14,2)3)21(17,4)26-22/h5-7,11,14,16-18H,8-10H2,1-4H3/t14-,16-,17+,18?,21-/m0/s1. The van der Waals surface area contributed by atoms with Crippen molar-refractivity contribution >= 4 is 29.7 Å². The fourth-order valence-electron chi connectivity index (χ4n) is 5.77. The lowest BCUT2D eigenvalue weighted by molar-refractivity contribution is -0.199. The summed E-state index contributed by atoms with van der Waals surface area (Å²) < 4.78 is 18.6. The molecule has 2 aromatic rings. The summed E-state index contributed by atoms with van der Waals surface area (Å²) in [6.07, 6.45) is 5.04. The van der Waals surface area contributed by atoms with Crippen LogP contribution in [0.3, 0.4) is 0 Å². The van der Waals surface area contributed by atoms with Crippen LogP contribution in [0, 0.1) is 24.2 Å². The molecule has 2 bridgehead atoms. The smallest absolute Gasteiger partial charge is 0.464 e. The van der Waals surface area contributed by atoms with Gasteiger partial charge >= 0.3 is 7.12 Å². The van der Waals surface area contributed by atoms with E-state index in [0.717, 1.165) is 34.4 Å². The molecule has 4 aliphatic rings. The molecule has 0 N–H and O–H groups in total. The number of aryl methyl sites for hydroxylation is 1. The molecule has 3 saturated carbocycles. The summed E-state index contributed by atoms with van der Waals surface area (Å²) in [5, 5.41) is 0.916. The maximum Gasteiger partial charge on any atom is 0.477 e. The minimum absolute atomic E-state index is 0.175. The molecular weight excluding hydrogens is 346 g/mol. The van der Waals surface area contributed by atoms with Gasteiger partial charge in [0.25, 0.3) is 0 Å². The normalized spacial score (nSPS) is 36.0. The van der Waals surface area contributed by atoms with Gasteiger partial charge in [-0.05, 0) is 61.5 Å². The summed E-state index contributed by atoms with van der Waals surface area (Å²) in [5.74, 6) is 1.31. The summed E-state index contributed by atoms with van der Waals surface area (Å²) in [4.78, 5) is 0. The molecule has 6 rings (SSSR count). The Bertz CT molecular complexity index is 862. The highest BCUT2D eigenvalue weighted by atomic mass is 35.5. The second-order valence-corrected chi connectivity index (χ2v) is 9.83. The third kappa shape index (κ3) is 2.22. The Kier molecular flexibility index (Phi) is 3.65. The van der Waals surface area contributed by atoms with Crippen LogP contribution in [0.5, 0.6) is 0 Å². The van der Waals surface area contributed by atoms with Crippen molar-refractivity contribution in [1.29, 1.82) is 0 Å². The van der Waals surface area contributed by atoms with Gasteiger partial charge < -0.3 is 13.7 Å². The first-order valence-electron chi connectivity index (χ1n) is 9.73. The van der Waals surface area contributed by atoms with Gasteiger partial charge in [0.05, 0.1) is 23.2 Å². The van der Waals surface area contributed by atoms with Gasteiger partial charge in [-0.1, -0.05) is 32.0 Å². The summed E-state index contributed by atoms with van der Waals surface area (Å²) in [5.41, 5.74) is 3.37. The van der Waals surface area contributed by atoms with E-state index < -0.39 is 0 Å². The Morgan fingerprint density at radius 3 is 2.85 bits per heavy atom. The van der Waals surface area contributed by atoms with E-state index in [0.29, 0.717) is 17.8 Å². The number of fused-ring (bicyclic) bond motifs is 1. The predicted octanol–water partition coefficient (Wildman–Crippen LogP) is 5.16. The maximum absolute atomic E-state index is 6.79. The Balaban J connectivity index is 1.36. The minimum atomic E-state index is -0.350. The number of hydrogen-bond donors (Lipinski definition) is 0. The van der Waals surface area contributed by atoms with Crippen molar-refractivity contribution in [3.05, 3.63) is 35.6 Å². The highest BCUT2D eigenvalue weighted by Crippen LogP contribution is 2.65. The zero-order valence-electron chi connectivity index (χ0n) is 15.9. The lowest BCUT2D eigenvalue weighted by atomic mass is 9.43. The average molecular weight is 373 g/mol. The molecule has 1 aromatic heterocycles. The molecule has 0 radical (unpaired) electrons. The molecule has 1 unspecified atom stereocenters. The number of hydrogen-bond acceptors (Lipinski definition) is 3. The van der Waals surface area contributed by atoms with E-state index in [2.05, 4.69) is 45.9 Å². The van der Waals surface area contributed by atoms with Gasteiger partial charge in [0, 0.05) is 5.39 Å². The second kappa shape index (κ2) is 5.53. The van der Waals surface area contributed by atoms with E-state index in [1.54, 1.807) is 0 Å². The topological polar surface area (TPSA) is 31.6 Å². The molecule has 138 valence electrons. The highest BCUT2D eigenvalue weighted by molar-refractivity contribution is 6.60. The first kappa shape index (κ1) is 17.2. The quantitative estimate of drug-likeness (QED) is 0.551. The van der Waals surface area contributed by atoms with Crippen LogP contribution in [0.15, 0.2) is 28.9 Å². The molecule has 0 amide bonds. The van der Waals surface area contributed by atoms with Crippen LogP contribution >= 0.6 is 11.6 Å². The Morgan fingerprint density at radius 2 is 2.08 bits per heavy atom. The van der Waals surface area contributed by atoms with Crippen LogP contribution in [0.1, 0.15) is 44.7 Å². The summed E-state index contributed by atoms with van der Waals surface area (Å²) in [7, 11) is -0.350. The molecule has 1 aromatic carbocycles. The third-order valence-electron chi connectivity index (χ3n) is 7.56. The Hall–Kier alpha value is -0.965. The van der Waals surface area contributed by atoms with Crippen LogP contribution in [0.2, 0.25) is 0 Å². The van der Waals surface area contributed by atoms with Gasteiger partial charge in [-0.3, -0.25) is 0 Å². The first-order valence-corrected chi connectivity index (χ1v) is 10.2. The van der Waals surface area contributed by atoms with Crippen LogP contribution in [-0.2, 0) is 15.7 Å². The van der Waals surface area contributed by atoms with Crippen molar-refractivity contribution in [2.45, 2.75) is 63.9 Å². The van der Waals surface area contributed by atoms with Gasteiger partial charge in [0.2, 0.25) is 0 Å². The number of para-hydroxylation sites is 1. The summed E-state index contributed by atoms with van der Waals surface area (Å²) in [6, 6.07) is 6.23. The molecule has 26 heavy (non-hydrogen) atoms. The van der Waals surface area contributed by atoms with Crippen LogP contribution < -0.4 is 0 Å². The highest BCUT2D eigenvalue weighted by Gasteiger charge is 2.68. The number of furan rings is 1. The number of alkyl halides is 1. The summed E-state index contributed by atoms with van der Waals surface area (Å²) >= 11 is 6.79. The fraction of sp³-hybridized carbons (Fsp3) is 0.619. The lowest BCUT2D eigenvalue weighted by Gasteiger charge is -2.64. The van der Waals surface area contributed by atoms with Gasteiger partial charge in [0.15, 0.2) is 0 Å². The zero-order chi connectivity index (χ0) is 18.3. The third-order valence-corrected chi connectivity index (χ3v) is 7.92. The van der Waals surface area contributed by atoms with Crippen LogP contribution in [0.4, 0.5) is 0 Å². The number of halogens is 1. The molecule has 5 heteroatoms. The van der Waals surface area contributed by atoms with Crippen molar-refractivity contribution in [3.63, 3.8) is 0 Å². The molecule has 4 fully saturated rings. The molecule has 3 nitrogen and oxygen atoms in total. The monoisotopic (exact) mass is 372 g/mol. The molecule has 5 atom stereocenters. The van der Waals surface area contributed by atoms with E-state index in [-0.39, 0.29) is 24.1 Å². The molecule has 1 saturated heterocycles. The zero-order valence-corrected chi connectivity index (χ0v) is 16.7. The largest absolute Gasteiger partial charge is 0.477 e. The van der Waals surface area contributed by atoms with Crippen LogP contribution in [-0.4, -0.2) is 24.1 Å². The van der Waals surface area contributed by atoms with E-state index in [1.807, 2.05) is 6.26 Å². The van der Waals surface area contributed by atoms with Gasteiger partial charge in [-0.25, -0.2) is 0 Å². The van der Waals surface area contributed by atoms with Crippen molar-refractivity contribution in [1.82, 2.24) is 0 Å². The molecule has 0 spiro atoms. The second-order valence-electron chi connectivity index (χ2n) is 9.27. The van der Waals surface area contributed by atoms with Gasteiger partial charge in [-0.2, -0.15) is 0 Å². The lowest BCUT2D eigenvalue weighted by Crippen LogP contribution is -2.65. The minimum Gasteiger partial charge on any atom is -0.464 e.